The molecular weight excluding hydrogens is 356 g/mol. The SMILES string of the molecule is [C-]#[N+]c1ccc(Cc2cncn2CC2CCN(Cc3cccc(C)c3)CC2)cc1. The van der Waals surface area contributed by atoms with E-state index in [1.807, 2.05) is 24.7 Å². The van der Waals surface area contributed by atoms with E-state index in [0.717, 1.165) is 19.5 Å². The summed E-state index contributed by atoms with van der Waals surface area (Å²) < 4.78 is 2.32. The fourth-order valence-corrected chi connectivity index (χ4v) is 4.23. The Bertz CT molecular complexity index is 973. The fraction of sp³-hybridized carbons (Fsp3) is 0.360. The van der Waals surface area contributed by atoms with Gasteiger partial charge in [-0.3, -0.25) is 4.90 Å². The molecule has 0 unspecified atom stereocenters. The van der Waals surface area contributed by atoms with Gasteiger partial charge in [0, 0.05) is 31.4 Å². The van der Waals surface area contributed by atoms with Crippen molar-refractivity contribution in [1.82, 2.24) is 14.5 Å². The number of likely N-dealkylation sites (tertiary alicyclic amines) is 1. The number of hydrogen-bond donors (Lipinski definition) is 0. The van der Waals surface area contributed by atoms with Crippen LogP contribution in [0.2, 0.25) is 0 Å². The summed E-state index contributed by atoms with van der Waals surface area (Å²) in [6.45, 7) is 13.7. The molecule has 0 aliphatic carbocycles. The quantitative estimate of drug-likeness (QED) is 0.543. The van der Waals surface area contributed by atoms with Crippen LogP contribution in [-0.4, -0.2) is 27.5 Å². The lowest BCUT2D eigenvalue weighted by atomic mass is 9.96. The zero-order valence-corrected chi connectivity index (χ0v) is 17.1. The van der Waals surface area contributed by atoms with Crippen LogP contribution in [0.1, 0.15) is 35.2 Å². The third kappa shape index (κ3) is 5.13. The van der Waals surface area contributed by atoms with E-state index in [9.17, 15) is 0 Å². The van der Waals surface area contributed by atoms with Gasteiger partial charge in [0.25, 0.3) is 0 Å². The van der Waals surface area contributed by atoms with Crippen molar-refractivity contribution < 1.29 is 0 Å². The highest BCUT2D eigenvalue weighted by atomic mass is 15.1. The van der Waals surface area contributed by atoms with Crippen molar-refractivity contribution in [3.05, 3.63) is 94.9 Å². The average molecular weight is 385 g/mol. The van der Waals surface area contributed by atoms with E-state index in [1.54, 1.807) is 0 Å². The molecule has 4 heteroatoms. The van der Waals surface area contributed by atoms with Gasteiger partial charge in [-0.1, -0.05) is 54.1 Å². The van der Waals surface area contributed by atoms with Gasteiger partial charge < -0.3 is 4.57 Å². The maximum Gasteiger partial charge on any atom is 0.187 e. The van der Waals surface area contributed by atoms with E-state index < -0.39 is 0 Å². The molecule has 29 heavy (non-hydrogen) atoms. The number of nitrogens with zero attached hydrogens (tertiary/aromatic N) is 4. The van der Waals surface area contributed by atoms with E-state index >= 15 is 0 Å². The molecule has 4 rings (SSSR count). The molecule has 0 amide bonds. The Hall–Kier alpha value is -2.90. The van der Waals surface area contributed by atoms with Crippen LogP contribution in [0, 0.1) is 19.4 Å². The summed E-state index contributed by atoms with van der Waals surface area (Å²) in [5.74, 6) is 0.709. The van der Waals surface area contributed by atoms with Crippen LogP contribution in [0.3, 0.4) is 0 Å². The zero-order chi connectivity index (χ0) is 20.1. The summed E-state index contributed by atoms with van der Waals surface area (Å²) in [4.78, 5) is 10.5. The second-order valence-electron chi connectivity index (χ2n) is 8.20. The molecule has 2 heterocycles. The molecule has 3 aromatic rings. The molecule has 2 aromatic carbocycles. The Morgan fingerprint density at radius 2 is 1.86 bits per heavy atom. The Kier molecular flexibility index (Phi) is 6.07. The molecule has 1 aliphatic heterocycles. The number of aryl methyl sites for hydroxylation is 1. The maximum absolute atomic E-state index is 7.08. The largest absolute Gasteiger partial charge is 0.334 e. The molecule has 0 atom stereocenters. The zero-order valence-electron chi connectivity index (χ0n) is 17.1. The lowest BCUT2D eigenvalue weighted by Gasteiger charge is -2.32. The van der Waals surface area contributed by atoms with E-state index in [0.29, 0.717) is 11.6 Å². The van der Waals surface area contributed by atoms with Crippen molar-refractivity contribution in [2.45, 2.75) is 39.3 Å². The summed E-state index contributed by atoms with van der Waals surface area (Å²) in [6, 6.07) is 16.8. The maximum atomic E-state index is 7.08. The summed E-state index contributed by atoms with van der Waals surface area (Å²) in [5.41, 5.74) is 5.94. The Labute approximate surface area is 173 Å². The first-order valence-electron chi connectivity index (χ1n) is 10.4. The number of aromatic nitrogens is 2. The predicted molar refractivity (Wildman–Crippen MR) is 117 cm³/mol. The van der Waals surface area contributed by atoms with Crippen LogP contribution < -0.4 is 0 Å². The lowest BCUT2D eigenvalue weighted by Crippen LogP contribution is -2.34. The molecular formula is C25H28N4. The third-order valence-corrected chi connectivity index (χ3v) is 5.90. The number of hydrogen-bond acceptors (Lipinski definition) is 2. The highest BCUT2D eigenvalue weighted by molar-refractivity contribution is 5.45. The fourth-order valence-electron chi connectivity index (χ4n) is 4.23. The molecule has 1 aliphatic rings. The molecule has 1 fully saturated rings. The van der Waals surface area contributed by atoms with E-state index in [2.05, 4.69) is 62.6 Å². The van der Waals surface area contributed by atoms with Crippen LogP contribution in [-0.2, 0) is 19.5 Å². The van der Waals surface area contributed by atoms with Gasteiger partial charge in [0.15, 0.2) is 5.69 Å². The molecule has 0 spiro atoms. The van der Waals surface area contributed by atoms with E-state index in [4.69, 9.17) is 6.57 Å². The van der Waals surface area contributed by atoms with E-state index in [1.165, 1.54) is 48.3 Å². The Morgan fingerprint density at radius 3 is 2.59 bits per heavy atom. The number of imidazole rings is 1. The lowest BCUT2D eigenvalue weighted by molar-refractivity contribution is 0.166. The normalized spacial score (nSPS) is 15.3. The van der Waals surface area contributed by atoms with Gasteiger partial charge in [-0.2, -0.15) is 0 Å². The molecule has 1 saturated heterocycles. The summed E-state index contributed by atoms with van der Waals surface area (Å²) in [7, 11) is 0. The summed E-state index contributed by atoms with van der Waals surface area (Å²) in [5, 5.41) is 0. The third-order valence-electron chi connectivity index (χ3n) is 5.90. The monoisotopic (exact) mass is 384 g/mol. The Morgan fingerprint density at radius 1 is 1.07 bits per heavy atom. The van der Waals surface area contributed by atoms with Crippen molar-refractivity contribution in [3.8, 4) is 0 Å². The highest BCUT2D eigenvalue weighted by Gasteiger charge is 2.20. The molecule has 148 valence electrons. The first kappa shape index (κ1) is 19.4. The number of rotatable bonds is 6. The van der Waals surface area contributed by atoms with Crippen molar-refractivity contribution >= 4 is 5.69 Å². The minimum absolute atomic E-state index is 0.694. The van der Waals surface area contributed by atoms with Gasteiger partial charge in [0.2, 0.25) is 0 Å². The summed E-state index contributed by atoms with van der Waals surface area (Å²) in [6.07, 6.45) is 7.30. The minimum atomic E-state index is 0.694. The van der Waals surface area contributed by atoms with Crippen molar-refractivity contribution in [2.75, 3.05) is 13.1 Å². The first-order chi connectivity index (χ1) is 14.2. The molecule has 0 N–H and O–H groups in total. The van der Waals surface area contributed by atoms with Gasteiger partial charge in [0.05, 0.1) is 12.9 Å². The number of piperidine rings is 1. The van der Waals surface area contributed by atoms with Crippen molar-refractivity contribution in [1.29, 1.82) is 0 Å². The molecule has 1 aromatic heterocycles. The van der Waals surface area contributed by atoms with Crippen LogP contribution in [0.5, 0.6) is 0 Å². The van der Waals surface area contributed by atoms with Gasteiger partial charge >= 0.3 is 0 Å². The van der Waals surface area contributed by atoms with Gasteiger partial charge in [-0.25, -0.2) is 9.83 Å². The molecule has 0 radical (unpaired) electrons. The second kappa shape index (κ2) is 9.07. The highest BCUT2D eigenvalue weighted by Crippen LogP contribution is 2.22. The standard InChI is InChI=1S/C25H28N4/c1-20-4-3-5-23(14-20)17-28-12-10-22(11-13-28)18-29-19-27-16-25(29)15-21-6-8-24(26-2)9-7-21/h3-9,14,16,19,22H,10-13,15,17-18H2,1H3. The predicted octanol–water partition coefficient (Wildman–Crippen LogP) is 5.25. The van der Waals surface area contributed by atoms with Gasteiger partial charge in [-0.05, 0) is 49.9 Å². The first-order valence-corrected chi connectivity index (χ1v) is 10.4. The Balaban J connectivity index is 1.31. The number of benzene rings is 2. The topological polar surface area (TPSA) is 25.4 Å². The molecule has 4 nitrogen and oxygen atoms in total. The molecule has 0 saturated carbocycles. The van der Waals surface area contributed by atoms with Crippen LogP contribution in [0.25, 0.3) is 4.85 Å². The smallest absolute Gasteiger partial charge is 0.187 e. The average Bonchev–Trinajstić information content (AvgIpc) is 3.16. The second-order valence-corrected chi connectivity index (χ2v) is 8.20. The van der Waals surface area contributed by atoms with Crippen LogP contribution >= 0.6 is 0 Å². The van der Waals surface area contributed by atoms with Crippen molar-refractivity contribution in [2.24, 2.45) is 5.92 Å². The van der Waals surface area contributed by atoms with Crippen LogP contribution in [0.4, 0.5) is 5.69 Å². The van der Waals surface area contributed by atoms with Crippen molar-refractivity contribution in [3.63, 3.8) is 0 Å². The van der Waals surface area contributed by atoms with Gasteiger partial charge in [-0.15, -0.1) is 0 Å². The van der Waals surface area contributed by atoms with Crippen LogP contribution in [0.15, 0.2) is 61.1 Å². The summed E-state index contributed by atoms with van der Waals surface area (Å²) >= 11 is 0. The minimum Gasteiger partial charge on any atom is -0.334 e. The molecule has 0 bridgehead atoms. The van der Waals surface area contributed by atoms with Gasteiger partial charge in [0.1, 0.15) is 0 Å². The van der Waals surface area contributed by atoms with E-state index in [-0.39, 0.29) is 0 Å².